The number of hydrogen-bond donors (Lipinski definition) is 0. The second-order valence-corrected chi connectivity index (χ2v) is 14.0. The zero-order valence-electron chi connectivity index (χ0n) is 29.5. The lowest BCUT2D eigenvalue weighted by atomic mass is 9.99. The summed E-state index contributed by atoms with van der Waals surface area (Å²) in [7, 11) is 0. The Morgan fingerprint density at radius 3 is 2.13 bits per heavy atom. The van der Waals surface area contributed by atoms with Crippen LogP contribution in [-0.2, 0) is 16.0 Å². The third-order valence-electron chi connectivity index (χ3n) is 9.37. The Morgan fingerprint density at radius 2 is 1.50 bits per heavy atom. The van der Waals surface area contributed by atoms with Crippen LogP contribution in [-0.4, -0.2) is 99.3 Å². The minimum Gasteiger partial charge on any atom is -0.444 e. The summed E-state index contributed by atoms with van der Waals surface area (Å²) < 4.78 is 20.5. The number of aromatic nitrogens is 4. The quantitative estimate of drug-likeness (QED) is 0.229. The van der Waals surface area contributed by atoms with E-state index in [9.17, 15) is 19.2 Å². The van der Waals surface area contributed by atoms with E-state index in [0.717, 1.165) is 40.0 Å². The van der Waals surface area contributed by atoms with E-state index in [-0.39, 0.29) is 18.4 Å². The van der Waals surface area contributed by atoms with Gasteiger partial charge in [-0.3, -0.25) is 9.78 Å². The number of ether oxygens (including phenoxy) is 1. The fraction of sp³-hybridized carbons (Fsp3) is 0.333. The molecule has 0 saturated carbocycles. The monoisotopic (exact) mass is 701 g/mol. The molecule has 2 saturated heterocycles. The van der Waals surface area contributed by atoms with Gasteiger partial charge < -0.3 is 24.3 Å². The Labute approximate surface area is 301 Å². The number of carbonyl (C=O) groups is 2. The molecule has 5 aromatic rings. The number of piperazine rings is 2. The van der Waals surface area contributed by atoms with Crippen LogP contribution in [0.3, 0.4) is 0 Å². The summed E-state index contributed by atoms with van der Waals surface area (Å²) in [6.45, 7) is 10.6. The number of benzene rings is 1. The molecule has 2 amide bonds. The third-order valence-corrected chi connectivity index (χ3v) is 9.37. The molecular weight excluding hydrogens is 661 g/mol. The zero-order valence-corrected chi connectivity index (χ0v) is 29.5. The third kappa shape index (κ3) is 7.51. The lowest BCUT2D eigenvalue weighted by Crippen LogP contribution is -2.50. The molecule has 0 N–H and O–H groups in total. The number of carbonyl (C=O) groups excluding carboxylic acids is 2. The van der Waals surface area contributed by atoms with Crippen molar-refractivity contribution in [3.05, 3.63) is 96.5 Å². The van der Waals surface area contributed by atoms with Crippen LogP contribution in [0.15, 0.2) is 79.4 Å². The maximum Gasteiger partial charge on any atom is 0.410 e. The molecule has 0 unspecified atom stereocenters. The van der Waals surface area contributed by atoms with Crippen LogP contribution in [0.1, 0.15) is 32.0 Å². The largest absolute Gasteiger partial charge is 0.444 e. The molecule has 0 aliphatic carbocycles. The molecule has 266 valence electrons. The number of nitriles is 1. The van der Waals surface area contributed by atoms with Gasteiger partial charge in [0.05, 0.1) is 29.9 Å². The highest BCUT2D eigenvalue weighted by molar-refractivity contribution is 5.88. The predicted molar refractivity (Wildman–Crippen MR) is 195 cm³/mol. The van der Waals surface area contributed by atoms with Gasteiger partial charge in [0.25, 0.3) is 0 Å². The normalized spacial score (nSPS) is 15.1. The second kappa shape index (κ2) is 14.3. The van der Waals surface area contributed by atoms with Crippen LogP contribution in [0, 0.1) is 17.1 Å². The van der Waals surface area contributed by atoms with Crippen molar-refractivity contribution in [1.29, 1.82) is 5.26 Å². The van der Waals surface area contributed by atoms with E-state index in [2.05, 4.69) is 56.3 Å². The van der Waals surface area contributed by atoms with Crippen LogP contribution in [0.4, 0.5) is 20.7 Å². The molecule has 7 rings (SSSR count). The maximum absolute atomic E-state index is 13.2. The fourth-order valence-corrected chi connectivity index (χ4v) is 6.61. The minimum absolute atomic E-state index is 0.0344. The lowest BCUT2D eigenvalue weighted by molar-refractivity contribution is -0.130. The highest BCUT2D eigenvalue weighted by Gasteiger charge is 2.26. The molecule has 1 aromatic carbocycles. The molecule has 2 aliphatic heterocycles. The van der Waals surface area contributed by atoms with Gasteiger partial charge >= 0.3 is 6.09 Å². The number of anilines is 2. The number of hydrogen-bond acceptors (Lipinski definition) is 9. The van der Waals surface area contributed by atoms with E-state index in [1.807, 2.05) is 45.3 Å². The Morgan fingerprint density at radius 1 is 0.808 bits per heavy atom. The Bertz CT molecular complexity index is 2100. The van der Waals surface area contributed by atoms with Crippen LogP contribution >= 0.6 is 0 Å². The molecule has 0 bridgehead atoms. The molecule has 6 heterocycles. The molecule has 52 heavy (non-hydrogen) atoms. The van der Waals surface area contributed by atoms with E-state index < -0.39 is 11.4 Å². The van der Waals surface area contributed by atoms with Gasteiger partial charge in [0.2, 0.25) is 5.91 Å². The summed E-state index contributed by atoms with van der Waals surface area (Å²) in [4.78, 5) is 42.1. The minimum atomic E-state index is -0.521. The molecule has 0 atom stereocenters. The van der Waals surface area contributed by atoms with Crippen LogP contribution in [0.2, 0.25) is 0 Å². The molecular formula is C39H40FN9O3. The number of halogens is 1. The second-order valence-electron chi connectivity index (χ2n) is 14.0. The average molecular weight is 702 g/mol. The van der Waals surface area contributed by atoms with Crippen LogP contribution < -0.4 is 9.80 Å². The number of nitrogens with zero attached hydrogens (tertiary/aromatic N) is 9. The van der Waals surface area contributed by atoms with Gasteiger partial charge in [0, 0.05) is 92.8 Å². The fourth-order valence-electron chi connectivity index (χ4n) is 6.61. The van der Waals surface area contributed by atoms with Crippen molar-refractivity contribution in [1.82, 2.24) is 29.4 Å². The SMILES string of the molecule is CC(C)(C)OC(=O)N1CCN(c2ccc(-c3cc(-c4ccc(N5CCN(C(=O)Cc6ccc(F)cn6)CC5)nc4)c4c(C#N)cnn4c3)cc2)CC1. The highest BCUT2D eigenvalue weighted by atomic mass is 19.1. The zero-order chi connectivity index (χ0) is 36.4. The van der Waals surface area contributed by atoms with E-state index in [4.69, 9.17) is 9.72 Å². The predicted octanol–water partition coefficient (Wildman–Crippen LogP) is 5.42. The average Bonchev–Trinajstić information content (AvgIpc) is 3.58. The molecule has 12 nitrogen and oxygen atoms in total. The van der Waals surface area contributed by atoms with Crippen LogP contribution in [0.5, 0.6) is 0 Å². The standard InChI is InChI=1S/C39H40FN9O3/c1-39(2,3)52-38(51)48-18-12-45(13-19-48)33-9-4-27(5-10-33)29-20-34(37-30(22-41)24-44-49(37)26-29)28-6-11-35(43-23-28)46-14-16-47(17-15-46)36(50)21-32-8-7-31(40)25-42-32/h4-11,20,23-26H,12-19,21H2,1-3H3. The van der Waals surface area contributed by atoms with Gasteiger partial charge in [-0.25, -0.2) is 18.7 Å². The lowest BCUT2D eigenvalue weighted by Gasteiger charge is -2.36. The van der Waals surface area contributed by atoms with Crippen molar-refractivity contribution < 1.29 is 18.7 Å². The molecule has 0 spiro atoms. The van der Waals surface area contributed by atoms with Gasteiger partial charge in [-0.2, -0.15) is 10.4 Å². The van der Waals surface area contributed by atoms with E-state index in [1.54, 1.807) is 26.6 Å². The first-order valence-corrected chi connectivity index (χ1v) is 17.4. The maximum atomic E-state index is 13.2. The molecule has 4 aromatic heterocycles. The van der Waals surface area contributed by atoms with Crippen molar-refractivity contribution in [3.8, 4) is 28.3 Å². The highest BCUT2D eigenvalue weighted by Crippen LogP contribution is 2.33. The number of pyridine rings is 3. The first-order valence-electron chi connectivity index (χ1n) is 17.4. The summed E-state index contributed by atoms with van der Waals surface area (Å²) in [5.74, 6) is 0.347. The topological polar surface area (TPSA) is 123 Å². The molecule has 2 aliphatic rings. The van der Waals surface area contributed by atoms with Crippen molar-refractivity contribution in [2.75, 3.05) is 62.2 Å². The summed E-state index contributed by atoms with van der Waals surface area (Å²) in [5, 5.41) is 14.4. The Hall–Kier alpha value is -6.03. The smallest absolute Gasteiger partial charge is 0.410 e. The first kappa shape index (κ1) is 34.4. The Kier molecular flexibility index (Phi) is 9.47. The van der Waals surface area contributed by atoms with E-state index in [1.165, 1.54) is 6.07 Å². The first-order chi connectivity index (χ1) is 25.0. The van der Waals surface area contributed by atoms with E-state index in [0.29, 0.717) is 69.1 Å². The number of rotatable bonds is 6. The summed E-state index contributed by atoms with van der Waals surface area (Å²) in [6, 6.07) is 19.5. The van der Waals surface area contributed by atoms with Gasteiger partial charge in [-0.1, -0.05) is 12.1 Å². The van der Waals surface area contributed by atoms with Crippen molar-refractivity contribution in [2.24, 2.45) is 0 Å². The molecule has 0 radical (unpaired) electrons. The molecule has 2 fully saturated rings. The van der Waals surface area contributed by atoms with Gasteiger partial charge in [-0.05, 0) is 68.8 Å². The Balaban J connectivity index is 1.04. The summed E-state index contributed by atoms with van der Waals surface area (Å²) >= 11 is 0. The number of fused-ring (bicyclic) bond motifs is 1. The summed E-state index contributed by atoms with van der Waals surface area (Å²) in [6.07, 6.45) is 6.32. The van der Waals surface area contributed by atoms with Crippen LogP contribution in [0.25, 0.3) is 27.8 Å². The molecule has 13 heteroatoms. The summed E-state index contributed by atoms with van der Waals surface area (Å²) in [5.41, 5.74) is 5.93. The van der Waals surface area contributed by atoms with Gasteiger partial charge in [-0.15, -0.1) is 0 Å². The van der Waals surface area contributed by atoms with E-state index >= 15 is 0 Å². The van der Waals surface area contributed by atoms with Gasteiger partial charge in [0.1, 0.15) is 23.3 Å². The van der Waals surface area contributed by atoms with Gasteiger partial charge in [0.15, 0.2) is 0 Å². The van der Waals surface area contributed by atoms with Crippen molar-refractivity contribution in [2.45, 2.75) is 32.8 Å². The van der Waals surface area contributed by atoms with Crippen molar-refractivity contribution >= 4 is 29.0 Å². The van der Waals surface area contributed by atoms with Crippen molar-refractivity contribution in [3.63, 3.8) is 0 Å². The number of amides is 2.